The summed E-state index contributed by atoms with van der Waals surface area (Å²) < 4.78 is 16.7. The predicted octanol–water partition coefficient (Wildman–Crippen LogP) is 4.31. The average molecular weight is 342 g/mol. The van der Waals surface area contributed by atoms with Crippen molar-refractivity contribution in [1.82, 2.24) is 10.2 Å². The molecule has 0 N–H and O–H groups in total. The Bertz CT molecular complexity index is 744. The molecule has 0 radical (unpaired) electrons. The van der Waals surface area contributed by atoms with Crippen molar-refractivity contribution in [2.45, 2.75) is 12.1 Å². The molecule has 0 saturated carbocycles. The quantitative estimate of drug-likeness (QED) is 0.449. The molecular formula is C18H18N2O3S. The van der Waals surface area contributed by atoms with Crippen LogP contribution in [0.2, 0.25) is 0 Å². The second kappa shape index (κ2) is 8.40. The Hall–Kier alpha value is -2.47. The van der Waals surface area contributed by atoms with Gasteiger partial charge >= 0.3 is 0 Å². The first kappa shape index (κ1) is 16.4. The molecule has 24 heavy (non-hydrogen) atoms. The third kappa shape index (κ3) is 4.52. The summed E-state index contributed by atoms with van der Waals surface area (Å²) in [5.41, 5.74) is 0.919. The number of hydrogen-bond donors (Lipinski definition) is 0. The van der Waals surface area contributed by atoms with E-state index in [2.05, 4.69) is 10.2 Å². The molecule has 124 valence electrons. The molecule has 5 nitrogen and oxygen atoms in total. The fourth-order valence-electron chi connectivity index (χ4n) is 2.05. The highest BCUT2D eigenvalue weighted by Gasteiger charge is 2.08. The van der Waals surface area contributed by atoms with Gasteiger partial charge in [-0.1, -0.05) is 30.0 Å². The molecule has 6 heteroatoms. The summed E-state index contributed by atoms with van der Waals surface area (Å²) in [6, 6.07) is 17.3. The van der Waals surface area contributed by atoms with E-state index in [9.17, 15) is 0 Å². The van der Waals surface area contributed by atoms with E-state index in [0.29, 0.717) is 24.3 Å². The van der Waals surface area contributed by atoms with Crippen molar-refractivity contribution < 1.29 is 13.9 Å². The van der Waals surface area contributed by atoms with Crippen LogP contribution in [0.15, 0.2) is 64.2 Å². The Labute approximate surface area is 145 Å². The molecule has 0 unspecified atom stereocenters. The van der Waals surface area contributed by atoms with Crippen molar-refractivity contribution >= 4 is 11.8 Å². The molecule has 0 aliphatic carbocycles. The van der Waals surface area contributed by atoms with Gasteiger partial charge in [-0.25, -0.2) is 0 Å². The summed E-state index contributed by atoms with van der Waals surface area (Å²) in [6.07, 6.45) is 0. The number of ether oxygens (including phenoxy) is 2. The van der Waals surface area contributed by atoms with Gasteiger partial charge < -0.3 is 13.9 Å². The van der Waals surface area contributed by atoms with Gasteiger partial charge in [-0.2, -0.15) is 0 Å². The van der Waals surface area contributed by atoms with Crippen molar-refractivity contribution in [3.8, 4) is 23.0 Å². The smallest absolute Gasteiger partial charge is 0.276 e. The largest absolute Gasteiger partial charge is 0.494 e. The van der Waals surface area contributed by atoms with Crippen LogP contribution in [0.25, 0.3) is 11.5 Å². The van der Waals surface area contributed by atoms with Gasteiger partial charge in [0.25, 0.3) is 5.22 Å². The monoisotopic (exact) mass is 342 g/mol. The Morgan fingerprint density at radius 1 is 0.917 bits per heavy atom. The van der Waals surface area contributed by atoms with Crippen LogP contribution in [0.4, 0.5) is 0 Å². The van der Waals surface area contributed by atoms with Gasteiger partial charge in [-0.05, 0) is 43.3 Å². The van der Waals surface area contributed by atoms with E-state index in [1.165, 1.54) is 11.8 Å². The van der Waals surface area contributed by atoms with Crippen molar-refractivity contribution in [3.63, 3.8) is 0 Å². The van der Waals surface area contributed by atoms with E-state index in [4.69, 9.17) is 13.9 Å². The third-order valence-corrected chi connectivity index (χ3v) is 3.92. The molecule has 0 fully saturated rings. The van der Waals surface area contributed by atoms with Crippen LogP contribution in [-0.4, -0.2) is 29.2 Å². The highest BCUT2D eigenvalue weighted by atomic mass is 32.2. The molecule has 2 aromatic carbocycles. The van der Waals surface area contributed by atoms with E-state index >= 15 is 0 Å². The lowest BCUT2D eigenvalue weighted by Crippen LogP contribution is -2.00. The maximum absolute atomic E-state index is 5.69. The maximum Gasteiger partial charge on any atom is 0.276 e. The van der Waals surface area contributed by atoms with Gasteiger partial charge in [0.2, 0.25) is 5.89 Å². The molecule has 0 aliphatic heterocycles. The lowest BCUT2D eigenvalue weighted by atomic mass is 10.2. The van der Waals surface area contributed by atoms with E-state index in [0.717, 1.165) is 22.8 Å². The Kier molecular flexibility index (Phi) is 5.74. The standard InChI is InChI=1S/C18H18N2O3S/c1-2-21-15-8-10-16(11-9-15)22-12-13-24-18-20-19-17(23-18)14-6-4-3-5-7-14/h3-11H,2,12-13H2,1H3. The fraction of sp³-hybridized carbons (Fsp3) is 0.222. The topological polar surface area (TPSA) is 57.4 Å². The minimum atomic E-state index is 0.533. The molecule has 1 heterocycles. The molecule has 0 atom stereocenters. The summed E-state index contributed by atoms with van der Waals surface area (Å²) in [5, 5.41) is 8.65. The second-order valence-electron chi connectivity index (χ2n) is 4.84. The van der Waals surface area contributed by atoms with Crippen molar-refractivity contribution in [3.05, 3.63) is 54.6 Å². The fourth-order valence-corrected chi connectivity index (χ4v) is 2.63. The van der Waals surface area contributed by atoms with Crippen LogP contribution < -0.4 is 9.47 Å². The Morgan fingerprint density at radius 3 is 2.33 bits per heavy atom. The lowest BCUT2D eigenvalue weighted by Gasteiger charge is -2.06. The number of rotatable bonds is 8. The zero-order valence-electron chi connectivity index (χ0n) is 13.3. The van der Waals surface area contributed by atoms with E-state index in [-0.39, 0.29) is 0 Å². The molecule has 0 amide bonds. The lowest BCUT2D eigenvalue weighted by molar-refractivity contribution is 0.332. The highest BCUT2D eigenvalue weighted by molar-refractivity contribution is 7.99. The Balaban J connectivity index is 1.44. The van der Waals surface area contributed by atoms with Gasteiger partial charge in [-0.3, -0.25) is 0 Å². The van der Waals surface area contributed by atoms with Crippen molar-refractivity contribution in [2.24, 2.45) is 0 Å². The molecule has 3 rings (SSSR count). The normalized spacial score (nSPS) is 10.5. The van der Waals surface area contributed by atoms with Gasteiger partial charge in [0.15, 0.2) is 0 Å². The van der Waals surface area contributed by atoms with Gasteiger partial charge in [0.05, 0.1) is 13.2 Å². The second-order valence-corrected chi connectivity index (χ2v) is 5.89. The van der Waals surface area contributed by atoms with Crippen molar-refractivity contribution in [1.29, 1.82) is 0 Å². The van der Waals surface area contributed by atoms with Crippen LogP contribution in [0.5, 0.6) is 11.5 Å². The zero-order chi connectivity index (χ0) is 16.6. The van der Waals surface area contributed by atoms with E-state index < -0.39 is 0 Å². The number of thioether (sulfide) groups is 1. The summed E-state index contributed by atoms with van der Waals surface area (Å²) in [7, 11) is 0. The molecule has 0 bridgehead atoms. The summed E-state index contributed by atoms with van der Waals surface area (Å²) in [6.45, 7) is 3.18. The third-order valence-electron chi connectivity index (χ3n) is 3.14. The van der Waals surface area contributed by atoms with Crippen LogP contribution in [0.1, 0.15) is 6.92 Å². The number of aromatic nitrogens is 2. The molecule has 0 aliphatic rings. The van der Waals surface area contributed by atoms with Crippen LogP contribution in [-0.2, 0) is 0 Å². The van der Waals surface area contributed by atoms with Crippen LogP contribution in [0.3, 0.4) is 0 Å². The Morgan fingerprint density at radius 2 is 1.62 bits per heavy atom. The van der Waals surface area contributed by atoms with Crippen LogP contribution in [0, 0.1) is 0 Å². The van der Waals surface area contributed by atoms with Crippen LogP contribution >= 0.6 is 11.8 Å². The van der Waals surface area contributed by atoms with Gasteiger partial charge in [-0.15, -0.1) is 10.2 Å². The first-order valence-corrected chi connectivity index (χ1v) is 8.71. The van der Waals surface area contributed by atoms with E-state index in [1.54, 1.807) is 0 Å². The van der Waals surface area contributed by atoms with Crippen molar-refractivity contribution in [2.75, 3.05) is 19.0 Å². The number of benzene rings is 2. The summed E-state index contributed by atoms with van der Waals surface area (Å²) >= 11 is 1.48. The predicted molar refractivity (Wildman–Crippen MR) is 93.6 cm³/mol. The maximum atomic E-state index is 5.69. The highest BCUT2D eigenvalue weighted by Crippen LogP contribution is 2.23. The first-order valence-electron chi connectivity index (χ1n) is 7.72. The minimum Gasteiger partial charge on any atom is -0.494 e. The average Bonchev–Trinajstić information content (AvgIpc) is 3.10. The van der Waals surface area contributed by atoms with Gasteiger partial charge in [0.1, 0.15) is 11.5 Å². The zero-order valence-corrected chi connectivity index (χ0v) is 14.2. The number of nitrogens with zero attached hydrogens (tertiary/aromatic N) is 2. The molecule has 3 aromatic rings. The number of hydrogen-bond acceptors (Lipinski definition) is 6. The summed E-state index contributed by atoms with van der Waals surface area (Å²) in [5.74, 6) is 2.92. The molecule has 0 saturated heterocycles. The first-order chi connectivity index (χ1) is 11.8. The van der Waals surface area contributed by atoms with Gasteiger partial charge in [0, 0.05) is 11.3 Å². The van der Waals surface area contributed by atoms with E-state index in [1.807, 2.05) is 61.5 Å². The summed E-state index contributed by atoms with van der Waals surface area (Å²) in [4.78, 5) is 0. The molecule has 0 spiro atoms. The molecular weight excluding hydrogens is 324 g/mol. The SMILES string of the molecule is CCOc1ccc(OCCSc2nnc(-c3ccccc3)o2)cc1. The molecule has 1 aromatic heterocycles. The minimum absolute atomic E-state index is 0.533.